The first-order valence-corrected chi connectivity index (χ1v) is 10.0. The number of hydrogen-bond donors (Lipinski definition) is 1. The molecule has 5 nitrogen and oxygen atoms in total. The van der Waals surface area contributed by atoms with Crippen molar-refractivity contribution in [2.45, 2.75) is 37.8 Å². The fourth-order valence-corrected chi connectivity index (χ4v) is 4.00. The Morgan fingerprint density at radius 3 is 2.64 bits per heavy atom. The lowest BCUT2D eigenvalue weighted by Crippen LogP contribution is -2.42. The molecule has 3 rings (SSSR count). The van der Waals surface area contributed by atoms with E-state index in [9.17, 15) is 4.39 Å². The maximum atomic E-state index is 13.2. The Morgan fingerprint density at radius 1 is 1.39 bits per heavy atom. The fourth-order valence-electron chi connectivity index (χ4n) is 3.16. The topological polar surface area (TPSA) is 49.8 Å². The van der Waals surface area contributed by atoms with Crippen molar-refractivity contribution in [3.8, 4) is 0 Å². The van der Waals surface area contributed by atoms with Gasteiger partial charge in [-0.3, -0.25) is 4.99 Å². The van der Waals surface area contributed by atoms with Crippen LogP contribution in [-0.4, -0.2) is 43.6 Å². The van der Waals surface area contributed by atoms with Crippen molar-refractivity contribution in [3.05, 3.63) is 51.7 Å². The van der Waals surface area contributed by atoms with Crippen molar-refractivity contribution in [2.24, 2.45) is 4.99 Å². The molecule has 0 spiro atoms. The van der Waals surface area contributed by atoms with Crippen LogP contribution in [-0.2, 0) is 16.7 Å². The third kappa shape index (κ3) is 5.42. The zero-order valence-electron chi connectivity index (χ0n) is 16.7. The molecule has 1 atom stereocenters. The Balaban J connectivity index is 0.00000280. The number of nitrogens with one attached hydrogen (secondary N) is 1. The molecule has 0 saturated heterocycles. The molecule has 1 aromatic heterocycles. The van der Waals surface area contributed by atoms with Crippen molar-refractivity contribution in [1.82, 2.24) is 15.2 Å². The van der Waals surface area contributed by atoms with Gasteiger partial charge in [-0.2, -0.15) is 0 Å². The zero-order valence-corrected chi connectivity index (χ0v) is 19.9. The Hall–Kier alpha value is -1.26. The van der Waals surface area contributed by atoms with Crippen LogP contribution in [0, 0.1) is 5.82 Å². The smallest absolute Gasteiger partial charge is 0.193 e. The summed E-state index contributed by atoms with van der Waals surface area (Å²) < 4.78 is 18.5. The van der Waals surface area contributed by atoms with Crippen molar-refractivity contribution >= 4 is 41.3 Å². The summed E-state index contributed by atoms with van der Waals surface area (Å²) in [4.78, 5) is 11.1. The first kappa shape index (κ1) is 23.0. The molecular formula is C20H28FIN4OS. The van der Waals surface area contributed by atoms with E-state index in [1.807, 2.05) is 26.1 Å². The maximum absolute atomic E-state index is 13.2. The number of nitrogens with zero attached hydrogens (tertiary/aromatic N) is 3. The predicted octanol–water partition coefficient (Wildman–Crippen LogP) is 4.35. The lowest BCUT2D eigenvalue weighted by molar-refractivity contribution is 0.119. The van der Waals surface area contributed by atoms with Gasteiger partial charge in [-0.1, -0.05) is 12.1 Å². The lowest BCUT2D eigenvalue weighted by Gasteiger charge is -2.24. The third-order valence-corrected chi connectivity index (χ3v) is 6.19. The van der Waals surface area contributed by atoms with Gasteiger partial charge in [-0.05, 0) is 37.5 Å². The summed E-state index contributed by atoms with van der Waals surface area (Å²) in [5.74, 6) is 0.640. The van der Waals surface area contributed by atoms with Gasteiger partial charge in [-0.25, -0.2) is 9.37 Å². The van der Waals surface area contributed by atoms with Crippen LogP contribution in [0.4, 0.5) is 4.39 Å². The molecule has 1 heterocycles. The van der Waals surface area contributed by atoms with E-state index < -0.39 is 0 Å². The van der Waals surface area contributed by atoms with E-state index in [0.717, 1.165) is 36.0 Å². The molecule has 0 aliphatic heterocycles. The molecule has 0 amide bonds. The second-order valence-corrected chi connectivity index (χ2v) is 7.99. The van der Waals surface area contributed by atoms with Gasteiger partial charge in [0.2, 0.25) is 0 Å². The van der Waals surface area contributed by atoms with Crippen LogP contribution in [0.5, 0.6) is 0 Å². The van der Waals surface area contributed by atoms with Gasteiger partial charge in [0.25, 0.3) is 0 Å². The standard InChI is InChI=1S/C20H27FN4OS.HI/c1-14(26-4)18-24-17(12-27-18)11-25(3)19(22-2)23-13-20(9-10-20)15-5-7-16(21)8-6-15;/h5-8,12,14H,9-11,13H2,1-4H3,(H,22,23);1H. The van der Waals surface area contributed by atoms with Crippen LogP contribution in [0.1, 0.15) is 42.1 Å². The minimum absolute atomic E-state index is 0. The Bertz CT molecular complexity index is 792. The molecule has 1 aromatic carbocycles. The number of methoxy groups -OCH3 is 1. The predicted molar refractivity (Wildman–Crippen MR) is 123 cm³/mol. The summed E-state index contributed by atoms with van der Waals surface area (Å²) in [6.45, 7) is 3.46. The van der Waals surface area contributed by atoms with Crippen molar-refractivity contribution in [3.63, 3.8) is 0 Å². The molecule has 0 radical (unpaired) electrons. The Kier molecular flexibility index (Phi) is 8.20. The van der Waals surface area contributed by atoms with E-state index in [-0.39, 0.29) is 41.3 Å². The van der Waals surface area contributed by atoms with Crippen LogP contribution in [0.25, 0.3) is 0 Å². The molecule has 1 saturated carbocycles. The molecule has 2 aromatic rings. The van der Waals surface area contributed by atoms with Gasteiger partial charge in [0.1, 0.15) is 16.9 Å². The van der Waals surface area contributed by atoms with Crippen molar-refractivity contribution < 1.29 is 9.13 Å². The van der Waals surface area contributed by atoms with E-state index in [4.69, 9.17) is 4.74 Å². The number of guanidine groups is 1. The molecule has 1 unspecified atom stereocenters. The van der Waals surface area contributed by atoms with Crippen LogP contribution in [0.3, 0.4) is 0 Å². The number of rotatable bonds is 7. The maximum Gasteiger partial charge on any atom is 0.193 e. The molecule has 28 heavy (non-hydrogen) atoms. The largest absolute Gasteiger partial charge is 0.375 e. The lowest BCUT2D eigenvalue weighted by atomic mass is 9.96. The van der Waals surface area contributed by atoms with Gasteiger partial charge in [-0.15, -0.1) is 35.3 Å². The molecule has 1 fully saturated rings. The fraction of sp³-hybridized carbons (Fsp3) is 0.500. The first-order valence-electron chi connectivity index (χ1n) is 9.12. The zero-order chi connectivity index (χ0) is 19.4. The SMILES string of the molecule is CN=C(NCC1(c2ccc(F)cc2)CC1)N(C)Cc1csc(C(C)OC)n1.I. The van der Waals surface area contributed by atoms with Gasteiger partial charge in [0, 0.05) is 38.5 Å². The van der Waals surface area contributed by atoms with Crippen molar-refractivity contribution in [2.75, 3.05) is 27.7 Å². The van der Waals surface area contributed by atoms with Crippen LogP contribution in [0.2, 0.25) is 0 Å². The highest BCUT2D eigenvalue weighted by atomic mass is 127. The average Bonchev–Trinajstić information content (AvgIpc) is 3.32. The molecule has 1 N–H and O–H groups in total. The number of thiazole rings is 1. The summed E-state index contributed by atoms with van der Waals surface area (Å²) in [5, 5.41) is 6.53. The number of aliphatic imine (C=N–C) groups is 1. The minimum Gasteiger partial charge on any atom is -0.375 e. The number of benzene rings is 1. The summed E-state index contributed by atoms with van der Waals surface area (Å²) in [7, 11) is 5.49. The molecular weight excluding hydrogens is 490 g/mol. The van der Waals surface area contributed by atoms with Gasteiger partial charge in [0.05, 0.1) is 12.2 Å². The molecule has 8 heteroatoms. The number of ether oxygens (including phenoxy) is 1. The molecule has 1 aliphatic rings. The quantitative estimate of drug-likeness (QED) is 0.337. The average molecular weight is 518 g/mol. The highest BCUT2D eigenvalue weighted by Crippen LogP contribution is 2.47. The Labute approximate surface area is 187 Å². The summed E-state index contributed by atoms with van der Waals surface area (Å²) >= 11 is 1.62. The summed E-state index contributed by atoms with van der Waals surface area (Å²) in [6, 6.07) is 6.86. The van der Waals surface area contributed by atoms with Gasteiger partial charge < -0.3 is 15.0 Å². The van der Waals surface area contributed by atoms with Crippen molar-refractivity contribution in [1.29, 1.82) is 0 Å². The highest BCUT2D eigenvalue weighted by Gasteiger charge is 2.44. The van der Waals surface area contributed by atoms with E-state index in [0.29, 0.717) is 6.54 Å². The number of halogens is 2. The van der Waals surface area contributed by atoms with Gasteiger partial charge >= 0.3 is 0 Å². The molecule has 0 bridgehead atoms. The van der Waals surface area contributed by atoms with E-state index in [1.54, 1.807) is 25.5 Å². The molecule has 1 aliphatic carbocycles. The van der Waals surface area contributed by atoms with E-state index >= 15 is 0 Å². The highest BCUT2D eigenvalue weighted by molar-refractivity contribution is 14.0. The van der Waals surface area contributed by atoms with Gasteiger partial charge in [0.15, 0.2) is 5.96 Å². The number of aromatic nitrogens is 1. The van der Waals surface area contributed by atoms with E-state index in [1.165, 1.54) is 17.7 Å². The summed E-state index contributed by atoms with van der Waals surface area (Å²) in [5.41, 5.74) is 2.28. The second-order valence-electron chi connectivity index (χ2n) is 7.10. The summed E-state index contributed by atoms with van der Waals surface area (Å²) in [6.07, 6.45) is 2.23. The van der Waals surface area contributed by atoms with E-state index in [2.05, 4.69) is 25.6 Å². The molecule has 154 valence electrons. The first-order chi connectivity index (χ1) is 13.0. The third-order valence-electron chi connectivity index (χ3n) is 5.14. The Morgan fingerprint density at radius 2 is 2.07 bits per heavy atom. The minimum atomic E-state index is -0.191. The van der Waals surface area contributed by atoms with Crippen LogP contribution >= 0.6 is 35.3 Å². The second kappa shape index (κ2) is 9.98. The number of hydrogen-bond acceptors (Lipinski definition) is 4. The van der Waals surface area contributed by atoms with Crippen LogP contribution < -0.4 is 5.32 Å². The monoisotopic (exact) mass is 518 g/mol. The normalized spacial score (nSPS) is 16.2. The van der Waals surface area contributed by atoms with Crippen LogP contribution in [0.15, 0.2) is 34.6 Å².